The molecular formula is C25H36N2S2. The van der Waals surface area contributed by atoms with Crippen molar-refractivity contribution in [2.75, 3.05) is 5.75 Å². The van der Waals surface area contributed by atoms with Gasteiger partial charge in [-0.05, 0) is 86.4 Å². The van der Waals surface area contributed by atoms with E-state index in [9.17, 15) is 0 Å². The Hall–Kier alpha value is -0.580. The van der Waals surface area contributed by atoms with Crippen molar-refractivity contribution in [2.45, 2.75) is 87.5 Å². The van der Waals surface area contributed by atoms with Crippen LogP contribution in [0.25, 0.3) is 0 Å². The van der Waals surface area contributed by atoms with Crippen LogP contribution in [-0.2, 0) is 5.41 Å². The standard InChI is InChI=1S/C25H36N2S2/c1-2-29-22-17-12-24(19-6-4-3-5-7-19)13-18(22)15-25(14-17,16-24)23(28)27-21-10-8-20(26)9-11-21/h3-7,17-18,20-22H,2,8-16,26H2,1H3,(H,27,28). The van der Waals surface area contributed by atoms with Gasteiger partial charge in [0.2, 0.25) is 0 Å². The third-order valence-corrected chi connectivity index (χ3v) is 10.6. The summed E-state index contributed by atoms with van der Waals surface area (Å²) < 4.78 is 0. The van der Waals surface area contributed by atoms with Crippen LogP contribution >= 0.6 is 24.0 Å². The van der Waals surface area contributed by atoms with Gasteiger partial charge >= 0.3 is 0 Å². The molecule has 1 aromatic carbocycles. The second kappa shape index (κ2) is 7.84. The molecule has 2 nitrogen and oxygen atoms in total. The van der Waals surface area contributed by atoms with Crippen LogP contribution in [-0.4, -0.2) is 28.1 Å². The molecule has 0 heterocycles. The number of nitrogens with one attached hydrogen (secondary N) is 1. The lowest BCUT2D eigenvalue weighted by molar-refractivity contribution is -0.0297. The maximum absolute atomic E-state index is 6.21. The van der Waals surface area contributed by atoms with E-state index in [1.807, 2.05) is 0 Å². The molecule has 2 unspecified atom stereocenters. The molecule has 2 atom stereocenters. The minimum absolute atomic E-state index is 0.224. The van der Waals surface area contributed by atoms with Crippen LogP contribution in [0.4, 0.5) is 0 Å². The maximum Gasteiger partial charge on any atom is 0.0818 e. The molecule has 3 N–H and O–H groups in total. The first kappa shape index (κ1) is 20.3. The summed E-state index contributed by atoms with van der Waals surface area (Å²) in [6.07, 6.45) is 11.3. The van der Waals surface area contributed by atoms with Crippen molar-refractivity contribution >= 4 is 29.0 Å². The van der Waals surface area contributed by atoms with Crippen LogP contribution in [0, 0.1) is 17.3 Å². The fourth-order valence-corrected chi connectivity index (χ4v) is 9.29. The molecule has 1 aromatic rings. The Morgan fingerprint density at radius 2 is 1.72 bits per heavy atom. The van der Waals surface area contributed by atoms with Crippen LogP contribution < -0.4 is 11.1 Å². The van der Waals surface area contributed by atoms with Gasteiger partial charge in [0.25, 0.3) is 0 Å². The molecule has 4 bridgehead atoms. The molecule has 0 radical (unpaired) electrons. The van der Waals surface area contributed by atoms with Gasteiger partial charge in [-0.2, -0.15) is 11.8 Å². The first-order chi connectivity index (χ1) is 14.0. The highest BCUT2D eigenvalue weighted by molar-refractivity contribution is 7.99. The molecule has 4 heteroatoms. The van der Waals surface area contributed by atoms with Gasteiger partial charge in [-0.1, -0.05) is 49.5 Å². The fraction of sp³-hybridized carbons (Fsp3) is 0.720. The Bertz CT molecular complexity index is 724. The van der Waals surface area contributed by atoms with Crippen molar-refractivity contribution in [1.82, 2.24) is 5.32 Å². The van der Waals surface area contributed by atoms with Gasteiger partial charge in [-0.3, -0.25) is 0 Å². The highest BCUT2D eigenvalue weighted by Crippen LogP contribution is 2.67. The number of thioether (sulfide) groups is 1. The number of nitrogens with two attached hydrogens (primary N) is 1. The third-order valence-electron chi connectivity index (χ3n) is 8.55. The number of rotatable bonds is 5. The lowest BCUT2D eigenvalue weighted by Gasteiger charge is -2.65. The van der Waals surface area contributed by atoms with Crippen molar-refractivity contribution in [2.24, 2.45) is 23.0 Å². The highest BCUT2D eigenvalue weighted by Gasteiger charge is 2.62. The smallest absolute Gasteiger partial charge is 0.0818 e. The molecule has 29 heavy (non-hydrogen) atoms. The topological polar surface area (TPSA) is 38.0 Å². The summed E-state index contributed by atoms with van der Waals surface area (Å²) in [6.45, 7) is 2.33. The van der Waals surface area contributed by atoms with Gasteiger partial charge < -0.3 is 11.1 Å². The van der Waals surface area contributed by atoms with Crippen LogP contribution in [0.2, 0.25) is 0 Å². The van der Waals surface area contributed by atoms with Gasteiger partial charge in [0.1, 0.15) is 0 Å². The summed E-state index contributed by atoms with van der Waals surface area (Å²) >= 11 is 8.44. The van der Waals surface area contributed by atoms with E-state index < -0.39 is 0 Å². The number of thiocarbonyl (C=S) groups is 1. The van der Waals surface area contributed by atoms with Gasteiger partial charge in [0, 0.05) is 22.7 Å². The molecule has 0 spiro atoms. The van der Waals surface area contributed by atoms with Gasteiger partial charge in [-0.15, -0.1) is 0 Å². The van der Waals surface area contributed by atoms with E-state index in [4.69, 9.17) is 18.0 Å². The molecule has 0 saturated heterocycles. The van der Waals surface area contributed by atoms with E-state index in [1.165, 1.54) is 55.7 Å². The molecule has 158 valence electrons. The summed E-state index contributed by atoms with van der Waals surface area (Å²) in [6, 6.07) is 12.4. The maximum atomic E-state index is 6.21. The van der Waals surface area contributed by atoms with Crippen LogP contribution in [0.15, 0.2) is 30.3 Å². The van der Waals surface area contributed by atoms with E-state index in [2.05, 4.69) is 54.3 Å². The van der Waals surface area contributed by atoms with E-state index in [-0.39, 0.29) is 5.41 Å². The molecule has 5 aliphatic carbocycles. The average molecular weight is 429 g/mol. The quantitative estimate of drug-likeness (QED) is 0.612. The number of benzene rings is 1. The van der Waals surface area contributed by atoms with Gasteiger partial charge in [-0.25, -0.2) is 0 Å². The Morgan fingerprint density at radius 1 is 1.07 bits per heavy atom. The minimum atomic E-state index is 0.224. The fourth-order valence-electron chi connectivity index (χ4n) is 7.57. The first-order valence-corrected chi connectivity index (χ1v) is 13.2. The zero-order chi connectivity index (χ0) is 20.1. The van der Waals surface area contributed by atoms with Crippen molar-refractivity contribution < 1.29 is 0 Å². The summed E-state index contributed by atoms with van der Waals surface area (Å²) in [5.41, 5.74) is 8.28. The molecule has 0 aliphatic heterocycles. The molecule has 0 amide bonds. The molecule has 5 fully saturated rings. The highest BCUT2D eigenvalue weighted by atomic mass is 32.2. The van der Waals surface area contributed by atoms with Crippen molar-refractivity contribution in [3.8, 4) is 0 Å². The van der Waals surface area contributed by atoms with Crippen molar-refractivity contribution in [3.63, 3.8) is 0 Å². The first-order valence-electron chi connectivity index (χ1n) is 11.8. The molecular weight excluding hydrogens is 392 g/mol. The Kier molecular flexibility index (Phi) is 5.49. The second-order valence-corrected chi connectivity index (χ2v) is 12.3. The molecule has 0 aromatic heterocycles. The second-order valence-electron chi connectivity index (χ2n) is 10.4. The predicted octanol–water partition coefficient (Wildman–Crippen LogP) is 5.44. The largest absolute Gasteiger partial charge is 0.376 e. The molecule has 5 aliphatic rings. The summed E-state index contributed by atoms with van der Waals surface area (Å²) in [4.78, 5) is 1.20. The molecule has 6 rings (SSSR count). The number of hydrogen-bond acceptors (Lipinski definition) is 3. The minimum Gasteiger partial charge on any atom is -0.376 e. The Labute approximate surface area is 186 Å². The summed E-state index contributed by atoms with van der Waals surface area (Å²) in [7, 11) is 0. The lowest BCUT2D eigenvalue weighted by Crippen LogP contribution is -2.63. The Morgan fingerprint density at radius 3 is 2.34 bits per heavy atom. The van der Waals surface area contributed by atoms with E-state index >= 15 is 0 Å². The normalized spacial score (nSPS) is 43.3. The van der Waals surface area contributed by atoms with E-state index in [0.717, 1.165) is 29.9 Å². The van der Waals surface area contributed by atoms with Crippen LogP contribution in [0.5, 0.6) is 0 Å². The number of hydrogen-bond donors (Lipinski definition) is 2. The zero-order valence-electron chi connectivity index (χ0n) is 17.7. The van der Waals surface area contributed by atoms with E-state index in [1.54, 1.807) is 5.56 Å². The molecule has 5 saturated carbocycles. The SMILES string of the molecule is CCSC1C2CC3(C(=S)NC4CCC(N)CC4)CC1CC(c1ccccc1)(C2)C3. The van der Waals surface area contributed by atoms with Crippen LogP contribution in [0.3, 0.4) is 0 Å². The van der Waals surface area contributed by atoms with Crippen LogP contribution in [0.1, 0.15) is 70.3 Å². The van der Waals surface area contributed by atoms with Crippen molar-refractivity contribution in [1.29, 1.82) is 0 Å². The van der Waals surface area contributed by atoms with Crippen molar-refractivity contribution in [3.05, 3.63) is 35.9 Å². The Balaban J connectivity index is 1.42. The summed E-state index contributed by atoms with van der Waals surface area (Å²) in [5.74, 6) is 2.88. The average Bonchev–Trinajstić information content (AvgIpc) is 2.72. The zero-order valence-corrected chi connectivity index (χ0v) is 19.4. The van der Waals surface area contributed by atoms with Gasteiger partial charge in [0.15, 0.2) is 0 Å². The third kappa shape index (κ3) is 3.57. The van der Waals surface area contributed by atoms with Gasteiger partial charge in [0.05, 0.1) is 4.99 Å². The summed E-state index contributed by atoms with van der Waals surface area (Å²) in [5, 5.41) is 4.73. The lowest BCUT2D eigenvalue weighted by atomic mass is 9.42. The predicted molar refractivity (Wildman–Crippen MR) is 129 cm³/mol. The monoisotopic (exact) mass is 428 g/mol. The van der Waals surface area contributed by atoms with E-state index in [0.29, 0.717) is 17.5 Å².